The Labute approximate surface area is 378 Å². The number of fused-ring (bicyclic) bond motifs is 1. The first-order valence-corrected chi connectivity index (χ1v) is 26.1. The van der Waals surface area contributed by atoms with Crippen molar-refractivity contribution in [2.45, 2.75) is 85.5 Å². The number of allylic oxidation sites excluding steroid dienone is 15. The third-order valence-electron chi connectivity index (χ3n) is 16.8. The molecule has 3 heteroatoms. The second-order valence-electron chi connectivity index (χ2n) is 20.7. The molecule has 0 saturated heterocycles. The summed E-state index contributed by atoms with van der Waals surface area (Å²) in [6.07, 6.45) is 36.2. The van der Waals surface area contributed by atoms with Gasteiger partial charge in [-0.2, -0.15) is 0 Å². The minimum Gasteiger partial charge on any atom is -0.340 e. The minimum atomic E-state index is -2.55. The molecule has 0 fully saturated rings. The number of nitrogens with zero attached hydrogens (tertiary/aromatic N) is 2. The van der Waals surface area contributed by atoms with Crippen LogP contribution in [0.2, 0.25) is 0 Å². The second kappa shape index (κ2) is 15.4. The topological polar surface area (TPSA) is 6.48 Å². The molecule has 11 rings (SSSR count). The van der Waals surface area contributed by atoms with Crippen LogP contribution in [0.1, 0.15) is 89.5 Å². The van der Waals surface area contributed by atoms with Gasteiger partial charge in [0.05, 0.1) is 0 Å². The Hall–Kier alpha value is -5.38. The predicted molar refractivity (Wildman–Crippen MR) is 271 cm³/mol. The fourth-order valence-electron chi connectivity index (χ4n) is 13.7. The summed E-state index contributed by atoms with van der Waals surface area (Å²) in [6.45, 7) is 16.1. The number of anilines is 4. The SMILES string of the molecule is CC1C=CC=C([Si](C2=CC=CC(C)C2)(C2=CC=CCC2C)c2ccc(N(C3=CCC4(C)C=Cc5c(N6CCc7ccccc76)ccc6c5C4(C)C3C(C)C6)c3ccccc3)cc2)C1. The number of hydrogen-bond acceptors (Lipinski definition) is 2. The van der Waals surface area contributed by atoms with Gasteiger partial charge in [-0.1, -0.05) is 185 Å². The molecule has 63 heavy (non-hydrogen) atoms. The smallest absolute Gasteiger partial charge is 0.167 e. The Morgan fingerprint density at radius 2 is 1.38 bits per heavy atom. The Bertz CT molecular complexity index is 2680. The molecule has 0 bridgehead atoms. The van der Waals surface area contributed by atoms with Gasteiger partial charge in [0.15, 0.2) is 8.07 Å². The molecule has 2 nitrogen and oxygen atoms in total. The summed E-state index contributed by atoms with van der Waals surface area (Å²) < 4.78 is 0. The number of para-hydroxylation sites is 2. The van der Waals surface area contributed by atoms with E-state index in [0.29, 0.717) is 29.6 Å². The van der Waals surface area contributed by atoms with Crippen molar-refractivity contribution in [3.63, 3.8) is 0 Å². The van der Waals surface area contributed by atoms with Gasteiger partial charge < -0.3 is 9.80 Å². The molecular formula is C60H64N2Si. The highest BCUT2D eigenvalue weighted by Gasteiger charge is 2.60. The first-order chi connectivity index (χ1) is 30.6. The molecule has 7 atom stereocenters. The third-order valence-corrected chi connectivity index (χ3v) is 22.2. The van der Waals surface area contributed by atoms with Crippen LogP contribution in [-0.2, 0) is 18.3 Å². The van der Waals surface area contributed by atoms with Crippen LogP contribution in [0.4, 0.5) is 22.7 Å². The third kappa shape index (κ3) is 6.16. The highest BCUT2D eigenvalue weighted by Crippen LogP contribution is 2.65. The van der Waals surface area contributed by atoms with Crippen molar-refractivity contribution in [3.05, 3.63) is 201 Å². The molecule has 4 aromatic rings. The summed E-state index contributed by atoms with van der Waals surface area (Å²) in [7, 11) is -2.55. The summed E-state index contributed by atoms with van der Waals surface area (Å²) in [5, 5.41) is 6.55. The van der Waals surface area contributed by atoms with Crippen LogP contribution in [0.3, 0.4) is 0 Å². The Morgan fingerprint density at radius 1 is 0.683 bits per heavy atom. The van der Waals surface area contributed by atoms with E-state index in [9.17, 15) is 0 Å². The lowest BCUT2D eigenvalue weighted by Crippen LogP contribution is -2.57. The first-order valence-electron chi connectivity index (χ1n) is 24.1. The average Bonchev–Trinajstić information content (AvgIpc) is 3.72. The van der Waals surface area contributed by atoms with Gasteiger partial charge in [0, 0.05) is 51.9 Å². The predicted octanol–water partition coefficient (Wildman–Crippen LogP) is 14.4. The summed E-state index contributed by atoms with van der Waals surface area (Å²) >= 11 is 0. The molecule has 1 aliphatic heterocycles. The lowest BCUT2D eigenvalue weighted by molar-refractivity contribution is 0.0876. The van der Waals surface area contributed by atoms with Crippen molar-refractivity contribution in [3.8, 4) is 0 Å². The molecule has 0 saturated carbocycles. The lowest BCUT2D eigenvalue weighted by atomic mass is 9.44. The Balaban J connectivity index is 1.06. The molecule has 7 aliphatic rings. The highest BCUT2D eigenvalue weighted by molar-refractivity contribution is 7.08. The fraction of sp³-hybridized carbons (Fsp3) is 0.333. The zero-order valence-electron chi connectivity index (χ0n) is 38.3. The Morgan fingerprint density at radius 3 is 2.10 bits per heavy atom. The molecule has 0 radical (unpaired) electrons. The largest absolute Gasteiger partial charge is 0.340 e. The van der Waals surface area contributed by atoms with E-state index in [2.05, 4.69) is 215 Å². The van der Waals surface area contributed by atoms with Gasteiger partial charge in [-0.25, -0.2) is 0 Å². The normalized spacial score (nSPS) is 29.8. The Kier molecular flexibility index (Phi) is 9.88. The summed E-state index contributed by atoms with van der Waals surface area (Å²) in [4.78, 5) is 5.28. The van der Waals surface area contributed by atoms with Gasteiger partial charge in [0.25, 0.3) is 0 Å². The highest BCUT2D eigenvalue weighted by atomic mass is 28.3. The monoisotopic (exact) mass is 840 g/mol. The molecule has 0 aromatic heterocycles. The van der Waals surface area contributed by atoms with Gasteiger partial charge in [0.1, 0.15) is 0 Å². The van der Waals surface area contributed by atoms with Gasteiger partial charge in [0.2, 0.25) is 0 Å². The maximum atomic E-state index is 2.67. The molecule has 4 aromatic carbocycles. The molecule has 0 spiro atoms. The van der Waals surface area contributed by atoms with Crippen LogP contribution in [0.25, 0.3) is 6.08 Å². The van der Waals surface area contributed by atoms with E-state index in [1.165, 1.54) is 44.8 Å². The van der Waals surface area contributed by atoms with E-state index in [4.69, 9.17) is 0 Å². The van der Waals surface area contributed by atoms with E-state index < -0.39 is 8.07 Å². The van der Waals surface area contributed by atoms with Gasteiger partial charge in [-0.3, -0.25) is 0 Å². The van der Waals surface area contributed by atoms with Crippen LogP contribution in [0, 0.1) is 35.0 Å². The summed E-state index contributed by atoms with van der Waals surface area (Å²) in [5.41, 5.74) is 12.7. The van der Waals surface area contributed by atoms with Crippen LogP contribution >= 0.6 is 0 Å². The zero-order valence-corrected chi connectivity index (χ0v) is 39.3. The molecule has 0 N–H and O–H groups in total. The maximum absolute atomic E-state index is 2.67. The zero-order chi connectivity index (χ0) is 43.1. The summed E-state index contributed by atoms with van der Waals surface area (Å²) in [5.74, 6) is 2.35. The van der Waals surface area contributed by atoms with Gasteiger partial charge >= 0.3 is 0 Å². The molecule has 0 amide bonds. The molecule has 7 unspecified atom stereocenters. The standard InChI is InChI=1S/C60H64N2Si/c1-41-16-14-22-50(38-41)63(51-23-15-17-42(2)39-51,56-25-13-10-18-43(56)3)49-29-27-48(28-30-49)62(47-20-8-7-9-21-47)55-33-36-59(5)35-32-52-54(61-37-34-45-19-11-12-24-53(45)61)31-26-46-40-44(4)57(55)60(59,6)58(46)52/h7-17,19-33,35,41-44,57H,18,34,36-40H2,1-6H3. The lowest BCUT2D eigenvalue weighted by Gasteiger charge is -2.61. The van der Waals surface area contributed by atoms with Crippen molar-refractivity contribution in [2.24, 2.45) is 35.0 Å². The quantitative estimate of drug-likeness (QED) is 0.163. The molecule has 1 heterocycles. The van der Waals surface area contributed by atoms with Gasteiger partial charge in [-0.05, 0) is 126 Å². The first kappa shape index (κ1) is 40.4. The van der Waals surface area contributed by atoms with Crippen molar-refractivity contribution in [1.82, 2.24) is 0 Å². The van der Waals surface area contributed by atoms with E-state index in [1.54, 1.807) is 26.7 Å². The number of hydrogen-bond donors (Lipinski definition) is 0. The molecule has 318 valence electrons. The van der Waals surface area contributed by atoms with Gasteiger partial charge in [-0.15, -0.1) is 0 Å². The van der Waals surface area contributed by atoms with Crippen LogP contribution in [-0.4, -0.2) is 14.6 Å². The summed E-state index contributed by atoms with van der Waals surface area (Å²) in [6, 6.07) is 35.5. The van der Waals surface area contributed by atoms with Crippen molar-refractivity contribution in [2.75, 3.05) is 16.3 Å². The maximum Gasteiger partial charge on any atom is 0.167 e. The van der Waals surface area contributed by atoms with E-state index >= 15 is 0 Å². The van der Waals surface area contributed by atoms with E-state index in [0.717, 1.165) is 45.1 Å². The second-order valence-corrected chi connectivity index (χ2v) is 24.6. The molecule has 6 aliphatic carbocycles. The van der Waals surface area contributed by atoms with Crippen molar-refractivity contribution >= 4 is 42.1 Å². The minimum absolute atomic E-state index is 0.00593. The average molecular weight is 841 g/mol. The fourth-order valence-corrected chi connectivity index (χ4v) is 19.8. The van der Waals surface area contributed by atoms with Crippen LogP contribution in [0.5, 0.6) is 0 Å². The number of benzene rings is 4. The van der Waals surface area contributed by atoms with E-state index in [1.807, 2.05) is 0 Å². The van der Waals surface area contributed by atoms with Crippen LogP contribution < -0.4 is 15.0 Å². The molecular weight excluding hydrogens is 777 g/mol. The van der Waals surface area contributed by atoms with Crippen molar-refractivity contribution in [1.29, 1.82) is 0 Å². The van der Waals surface area contributed by atoms with E-state index in [-0.39, 0.29) is 10.8 Å². The number of rotatable bonds is 8. The van der Waals surface area contributed by atoms with Crippen molar-refractivity contribution < 1.29 is 0 Å². The van der Waals surface area contributed by atoms with Crippen LogP contribution in [0.15, 0.2) is 179 Å².